The molecule has 0 atom stereocenters. The van der Waals surface area contributed by atoms with Crippen LogP contribution in [0.15, 0.2) is 16.8 Å². The molecule has 102 valence electrons. The van der Waals surface area contributed by atoms with Crippen LogP contribution in [0.2, 0.25) is 0 Å². The molecule has 4 heteroatoms. The van der Waals surface area contributed by atoms with E-state index in [2.05, 4.69) is 34.1 Å². The summed E-state index contributed by atoms with van der Waals surface area (Å²) in [5.74, 6) is 0. The van der Waals surface area contributed by atoms with E-state index in [0.717, 1.165) is 45.3 Å². The number of nitrogens with zero attached hydrogens (tertiary/aromatic N) is 1. The van der Waals surface area contributed by atoms with Crippen molar-refractivity contribution in [2.24, 2.45) is 0 Å². The van der Waals surface area contributed by atoms with Gasteiger partial charge in [-0.25, -0.2) is 0 Å². The summed E-state index contributed by atoms with van der Waals surface area (Å²) in [6.07, 6.45) is 3.52. The average molecular weight is 268 g/mol. The fourth-order valence-corrected chi connectivity index (χ4v) is 3.06. The molecule has 1 aliphatic heterocycles. The Kier molecular flexibility index (Phi) is 6.14. The zero-order chi connectivity index (χ0) is 12.6. The number of nitrogens with one attached hydrogen (secondary N) is 1. The normalized spacial score (nSPS) is 17.4. The lowest BCUT2D eigenvalue weighted by Gasteiger charge is -2.31. The van der Waals surface area contributed by atoms with Crippen molar-refractivity contribution < 1.29 is 4.74 Å². The van der Waals surface area contributed by atoms with Crippen LogP contribution in [0.1, 0.15) is 18.4 Å². The highest BCUT2D eigenvalue weighted by molar-refractivity contribution is 7.07. The molecule has 1 saturated heterocycles. The molecule has 0 radical (unpaired) electrons. The Morgan fingerprint density at radius 2 is 2.22 bits per heavy atom. The minimum Gasteiger partial charge on any atom is -0.381 e. The van der Waals surface area contributed by atoms with Gasteiger partial charge in [-0.05, 0) is 55.2 Å². The molecule has 0 aromatic carbocycles. The molecule has 18 heavy (non-hydrogen) atoms. The first-order valence-electron chi connectivity index (χ1n) is 6.86. The second kappa shape index (κ2) is 7.89. The zero-order valence-corrected chi connectivity index (χ0v) is 12.0. The monoisotopic (exact) mass is 268 g/mol. The lowest BCUT2D eigenvalue weighted by Crippen LogP contribution is -2.40. The van der Waals surface area contributed by atoms with Gasteiger partial charge in [0.05, 0.1) is 0 Å². The second-order valence-corrected chi connectivity index (χ2v) is 5.74. The SMILES string of the molecule is CN(CCNCCc1ccsc1)C1CCOCC1. The molecule has 1 fully saturated rings. The van der Waals surface area contributed by atoms with Crippen molar-refractivity contribution in [3.63, 3.8) is 0 Å². The number of likely N-dealkylation sites (N-methyl/N-ethyl adjacent to an activating group) is 1. The first kappa shape index (κ1) is 14.0. The third-order valence-electron chi connectivity index (χ3n) is 3.63. The summed E-state index contributed by atoms with van der Waals surface area (Å²) in [5, 5.41) is 7.90. The predicted molar refractivity (Wildman–Crippen MR) is 77.4 cm³/mol. The van der Waals surface area contributed by atoms with E-state index in [4.69, 9.17) is 4.74 Å². The Hall–Kier alpha value is -0.420. The van der Waals surface area contributed by atoms with Gasteiger partial charge in [-0.3, -0.25) is 0 Å². The van der Waals surface area contributed by atoms with E-state index in [9.17, 15) is 0 Å². The summed E-state index contributed by atoms with van der Waals surface area (Å²) < 4.78 is 5.39. The van der Waals surface area contributed by atoms with Crippen LogP contribution in [-0.4, -0.2) is 50.8 Å². The molecule has 2 heterocycles. The van der Waals surface area contributed by atoms with Crippen LogP contribution >= 0.6 is 11.3 Å². The van der Waals surface area contributed by atoms with Crippen LogP contribution in [-0.2, 0) is 11.2 Å². The molecule has 0 bridgehead atoms. The lowest BCUT2D eigenvalue weighted by atomic mass is 10.1. The molecule has 2 rings (SSSR count). The van der Waals surface area contributed by atoms with Crippen LogP contribution in [0.5, 0.6) is 0 Å². The van der Waals surface area contributed by atoms with Crippen molar-refractivity contribution in [2.75, 3.05) is 39.9 Å². The third kappa shape index (κ3) is 4.69. The van der Waals surface area contributed by atoms with E-state index in [-0.39, 0.29) is 0 Å². The van der Waals surface area contributed by atoms with E-state index in [1.807, 2.05) is 0 Å². The minimum atomic E-state index is 0.720. The average Bonchev–Trinajstić information content (AvgIpc) is 2.92. The standard InChI is InChI=1S/C14H24N2OS/c1-16(14-3-9-17-10-4-14)8-7-15-6-2-13-5-11-18-12-13/h5,11-12,14-15H,2-4,6-10H2,1H3. The number of hydrogen-bond acceptors (Lipinski definition) is 4. The number of hydrogen-bond donors (Lipinski definition) is 1. The summed E-state index contributed by atoms with van der Waals surface area (Å²) in [6.45, 7) is 5.16. The Morgan fingerprint density at radius 1 is 1.39 bits per heavy atom. The topological polar surface area (TPSA) is 24.5 Å². The molecule has 0 saturated carbocycles. The van der Waals surface area contributed by atoms with Crippen molar-refractivity contribution >= 4 is 11.3 Å². The van der Waals surface area contributed by atoms with Gasteiger partial charge in [0, 0.05) is 32.3 Å². The Balaban J connectivity index is 1.52. The van der Waals surface area contributed by atoms with Gasteiger partial charge in [-0.2, -0.15) is 11.3 Å². The minimum absolute atomic E-state index is 0.720. The summed E-state index contributed by atoms with van der Waals surface area (Å²) in [7, 11) is 2.23. The molecule has 0 aliphatic carbocycles. The van der Waals surface area contributed by atoms with Gasteiger partial charge in [0.15, 0.2) is 0 Å². The molecular weight excluding hydrogens is 244 g/mol. The van der Waals surface area contributed by atoms with E-state index in [1.54, 1.807) is 11.3 Å². The Morgan fingerprint density at radius 3 is 2.94 bits per heavy atom. The highest BCUT2D eigenvalue weighted by Gasteiger charge is 2.17. The van der Waals surface area contributed by atoms with E-state index in [1.165, 1.54) is 18.4 Å². The van der Waals surface area contributed by atoms with Crippen molar-refractivity contribution in [1.29, 1.82) is 0 Å². The summed E-state index contributed by atoms with van der Waals surface area (Å²) >= 11 is 1.78. The summed E-state index contributed by atoms with van der Waals surface area (Å²) in [6, 6.07) is 2.93. The molecule has 0 amide bonds. The maximum Gasteiger partial charge on any atom is 0.0480 e. The van der Waals surface area contributed by atoms with Crippen molar-refractivity contribution in [1.82, 2.24) is 10.2 Å². The predicted octanol–water partition coefficient (Wildman–Crippen LogP) is 1.99. The lowest BCUT2D eigenvalue weighted by molar-refractivity contribution is 0.0434. The fraction of sp³-hybridized carbons (Fsp3) is 0.714. The zero-order valence-electron chi connectivity index (χ0n) is 11.2. The summed E-state index contributed by atoms with van der Waals surface area (Å²) in [4.78, 5) is 2.47. The van der Waals surface area contributed by atoms with Crippen molar-refractivity contribution in [3.8, 4) is 0 Å². The molecular formula is C14H24N2OS. The number of ether oxygens (including phenoxy) is 1. The van der Waals surface area contributed by atoms with Gasteiger partial charge in [0.2, 0.25) is 0 Å². The summed E-state index contributed by atoms with van der Waals surface area (Å²) in [5.41, 5.74) is 1.45. The first-order valence-corrected chi connectivity index (χ1v) is 7.80. The maximum atomic E-state index is 5.39. The Labute approximate surface area is 114 Å². The van der Waals surface area contributed by atoms with E-state index in [0.29, 0.717) is 0 Å². The van der Waals surface area contributed by atoms with Crippen LogP contribution in [0.25, 0.3) is 0 Å². The highest BCUT2D eigenvalue weighted by atomic mass is 32.1. The van der Waals surface area contributed by atoms with Gasteiger partial charge in [0.25, 0.3) is 0 Å². The molecule has 1 aliphatic rings. The van der Waals surface area contributed by atoms with Crippen LogP contribution < -0.4 is 5.32 Å². The van der Waals surface area contributed by atoms with E-state index < -0.39 is 0 Å². The van der Waals surface area contributed by atoms with E-state index >= 15 is 0 Å². The van der Waals surface area contributed by atoms with Crippen LogP contribution in [0.3, 0.4) is 0 Å². The molecule has 1 aromatic heterocycles. The maximum absolute atomic E-state index is 5.39. The van der Waals surface area contributed by atoms with Gasteiger partial charge in [-0.1, -0.05) is 0 Å². The third-order valence-corrected chi connectivity index (χ3v) is 4.36. The smallest absolute Gasteiger partial charge is 0.0480 e. The molecule has 0 unspecified atom stereocenters. The largest absolute Gasteiger partial charge is 0.381 e. The molecule has 3 nitrogen and oxygen atoms in total. The number of rotatable bonds is 7. The quantitative estimate of drug-likeness (QED) is 0.766. The molecule has 1 aromatic rings. The van der Waals surface area contributed by atoms with Gasteiger partial charge in [0.1, 0.15) is 0 Å². The van der Waals surface area contributed by atoms with Gasteiger partial charge < -0.3 is 15.0 Å². The first-order chi connectivity index (χ1) is 8.86. The Bertz CT molecular complexity index is 310. The van der Waals surface area contributed by atoms with Gasteiger partial charge >= 0.3 is 0 Å². The van der Waals surface area contributed by atoms with Crippen molar-refractivity contribution in [2.45, 2.75) is 25.3 Å². The van der Waals surface area contributed by atoms with Crippen LogP contribution in [0, 0.1) is 0 Å². The molecule has 1 N–H and O–H groups in total. The highest BCUT2D eigenvalue weighted by Crippen LogP contribution is 2.11. The second-order valence-electron chi connectivity index (χ2n) is 4.96. The molecule has 0 spiro atoms. The number of thiophene rings is 1. The van der Waals surface area contributed by atoms with Gasteiger partial charge in [-0.15, -0.1) is 0 Å². The fourth-order valence-electron chi connectivity index (χ4n) is 2.36. The van der Waals surface area contributed by atoms with Crippen molar-refractivity contribution in [3.05, 3.63) is 22.4 Å². The van der Waals surface area contributed by atoms with Crippen LogP contribution in [0.4, 0.5) is 0 Å².